The van der Waals surface area contributed by atoms with Crippen molar-refractivity contribution in [1.82, 2.24) is 10.2 Å². The average molecular weight is 366 g/mol. The smallest absolute Gasteiger partial charge is 0.254 e. The number of carbonyl (C=O) groups is 2. The van der Waals surface area contributed by atoms with E-state index in [9.17, 15) is 14.7 Å². The highest BCUT2D eigenvalue weighted by molar-refractivity contribution is 5.98. The highest BCUT2D eigenvalue weighted by Crippen LogP contribution is 2.29. The van der Waals surface area contributed by atoms with Crippen LogP contribution in [0.25, 0.3) is 11.1 Å². The Kier molecular flexibility index (Phi) is 5.91. The van der Waals surface area contributed by atoms with Crippen LogP contribution in [0.5, 0.6) is 0 Å². The number of carbonyl (C=O) groups excluding carboxylic acids is 2. The fraction of sp³-hybridized carbons (Fsp3) is 0.364. The number of hydrogen-bond acceptors (Lipinski definition) is 3. The van der Waals surface area contributed by atoms with Gasteiger partial charge in [-0.05, 0) is 41.2 Å². The first-order chi connectivity index (χ1) is 13.0. The lowest BCUT2D eigenvalue weighted by Gasteiger charge is -2.34. The van der Waals surface area contributed by atoms with Crippen LogP contribution in [0, 0.1) is 0 Å². The summed E-state index contributed by atoms with van der Waals surface area (Å²) in [6, 6.07) is 15.2. The molecule has 0 aromatic heterocycles. The van der Waals surface area contributed by atoms with E-state index in [1.807, 2.05) is 36.4 Å². The van der Waals surface area contributed by atoms with Gasteiger partial charge < -0.3 is 15.3 Å². The van der Waals surface area contributed by atoms with Crippen molar-refractivity contribution in [2.24, 2.45) is 0 Å². The van der Waals surface area contributed by atoms with Crippen LogP contribution in [0.2, 0.25) is 0 Å². The molecule has 1 heterocycles. The summed E-state index contributed by atoms with van der Waals surface area (Å²) in [6.07, 6.45) is 0.247. The molecule has 1 saturated heterocycles. The molecule has 142 valence electrons. The molecule has 2 aromatic rings. The minimum atomic E-state index is -0.613. The molecule has 0 spiro atoms. The summed E-state index contributed by atoms with van der Waals surface area (Å²) >= 11 is 0. The van der Waals surface area contributed by atoms with Gasteiger partial charge in [0.1, 0.15) is 6.04 Å². The Bertz CT molecular complexity index is 815. The maximum Gasteiger partial charge on any atom is 0.254 e. The van der Waals surface area contributed by atoms with E-state index in [1.54, 1.807) is 4.90 Å². The van der Waals surface area contributed by atoms with Crippen molar-refractivity contribution in [2.45, 2.75) is 32.2 Å². The Morgan fingerprint density at radius 2 is 1.89 bits per heavy atom. The van der Waals surface area contributed by atoms with Crippen molar-refractivity contribution in [2.75, 3.05) is 19.7 Å². The highest BCUT2D eigenvalue weighted by atomic mass is 16.3. The van der Waals surface area contributed by atoms with E-state index >= 15 is 0 Å². The van der Waals surface area contributed by atoms with Gasteiger partial charge in [-0.25, -0.2) is 0 Å². The molecule has 0 radical (unpaired) electrons. The van der Waals surface area contributed by atoms with E-state index in [2.05, 4.69) is 31.3 Å². The van der Waals surface area contributed by atoms with Crippen molar-refractivity contribution in [3.05, 3.63) is 59.7 Å². The van der Waals surface area contributed by atoms with Gasteiger partial charge in [0.15, 0.2) is 0 Å². The summed E-state index contributed by atoms with van der Waals surface area (Å²) in [5, 5.41) is 12.0. The topological polar surface area (TPSA) is 69.6 Å². The minimum Gasteiger partial charge on any atom is -0.396 e. The molecule has 2 aromatic carbocycles. The fourth-order valence-corrected chi connectivity index (χ4v) is 3.59. The Morgan fingerprint density at radius 1 is 1.19 bits per heavy atom. The number of aliphatic hydroxyl groups is 1. The van der Waals surface area contributed by atoms with Crippen molar-refractivity contribution in [3.8, 4) is 11.1 Å². The van der Waals surface area contributed by atoms with Crippen LogP contribution < -0.4 is 5.32 Å². The number of nitrogens with one attached hydrogen (secondary N) is 1. The molecular formula is C22H26N2O3. The largest absolute Gasteiger partial charge is 0.396 e. The van der Waals surface area contributed by atoms with Crippen molar-refractivity contribution in [3.63, 3.8) is 0 Å². The summed E-state index contributed by atoms with van der Waals surface area (Å²) in [5.74, 6) is 0.0340. The maximum atomic E-state index is 12.9. The van der Waals surface area contributed by atoms with E-state index < -0.39 is 6.04 Å². The zero-order valence-corrected chi connectivity index (χ0v) is 15.8. The summed E-state index contributed by atoms with van der Waals surface area (Å²) in [5.41, 5.74) is 4.06. The molecule has 2 amide bonds. The normalized spacial score (nSPS) is 17.1. The van der Waals surface area contributed by atoms with E-state index in [1.165, 1.54) is 11.1 Å². The van der Waals surface area contributed by atoms with Crippen LogP contribution in [0.4, 0.5) is 0 Å². The number of aliphatic hydroxyl groups excluding tert-OH is 1. The van der Waals surface area contributed by atoms with Gasteiger partial charge in [0, 0.05) is 25.3 Å². The van der Waals surface area contributed by atoms with Crippen LogP contribution in [0.3, 0.4) is 0 Å². The van der Waals surface area contributed by atoms with Crippen molar-refractivity contribution >= 4 is 11.8 Å². The second-order valence-corrected chi connectivity index (χ2v) is 7.14. The number of amides is 2. The summed E-state index contributed by atoms with van der Waals surface area (Å²) in [4.78, 5) is 26.5. The first-order valence-corrected chi connectivity index (χ1v) is 9.42. The third kappa shape index (κ3) is 4.03. The standard InChI is InChI=1S/C22H26N2O3/c1-15(2)18-5-3-4-6-19(18)16-7-9-17(10-8-16)22(27)24-13-12-23-21(26)20(24)11-14-25/h3-10,15,20,25H,11-14H2,1-2H3,(H,23,26). The molecule has 3 rings (SSSR count). The van der Waals surface area contributed by atoms with Crippen LogP contribution >= 0.6 is 0 Å². The third-order valence-corrected chi connectivity index (χ3v) is 5.02. The van der Waals surface area contributed by atoms with Gasteiger partial charge in [0.25, 0.3) is 5.91 Å². The lowest BCUT2D eigenvalue weighted by atomic mass is 9.92. The molecule has 0 aliphatic carbocycles. The second kappa shape index (κ2) is 8.35. The van der Waals surface area contributed by atoms with Crippen LogP contribution in [-0.4, -0.2) is 47.6 Å². The molecule has 0 saturated carbocycles. The van der Waals surface area contributed by atoms with Crippen LogP contribution in [0.15, 0.2) is 48.5 Å². The minimum absolute atomic E-state index is 0.132. The summed E-state index contributed by atoms with van der Waals surface area (Å²) < 4.78 is 0. The Hall–Kier alpha value is -2.66. The Balaban J connectivity index is 1.85. The van der Waals surface area contributed by atoms with Crippen LogP contribution in [-0.2, 0) is 4.79 Å². The van der Waals surface area contributed by atoms with E-state index in [0.717, 1.165) is 5.56 Å². The maximum absolute atomic E-state index is 12.9. The molecule has 1 atom stereocenters. The van der Waals surface area contributed by atoms with Gasteiger partial charge >= 0.3 is 0 Å². The average Bonchev–Trinajstić information content (AvgIpc) is 2.69. The number of benzene rings is 2. The number of piperazine rings is 1. The first-order valence-electron chi connectivity index (χ1n) is 9.42. The zero-order chi connectivity index (χ0) is 19.4. The van der Waals surface area contributed by atoms with Crippen molar-refractivity contribution in [1.29, 1.82) is 0 Å². The number of hydrogen-bond donors (Lipinski definition) is 2. The first kappa shape index (κ1) is 19.1. The predicted octanol–water partition coefficient (Wildman–Crippen LogP) is 2.80. The lowest BCUT2D eigenvalue weighted by molar-refractivity contribution is -0.128. The third-order valence-electron chi connectivity index (χ3n) is 5.02. The quantitative estimate of drug-likeness (QED) is 0.855. The molecule has 1 aliphatic rings. The van der Waals surface area contributed by atoms with Gasteiger partial charge in [-0.15, -0.1) is 0 Å². The van der Waals surface area contributed by atoms with E-state index in [-0.39, 0.29) is 24.8 Å². The molecule has 0 bridgehead atoms. The summed E-state index contributed by atoms with van der Waals surface area (Å²) in [6.45, 7) is 5.09. The SMILES string of the molecule is CC(C)c1ccccc1-c1ccc(C(=O)N2CCNC(=O)C2CCO)cc1. The van der Waals surface area contributed by atoms with E-state index in [0.29, 0.717) is 24.6 Å². The van der Waals surface area contributed by atoms with Crippen molar-refractivity contribution < 1.29 is 14.7 Å². The van der Waals surface area contributed by atoms with Gasteiger partial charge in [0.2, 0.25) is 5.91 Å². The van der Waals surface area contributed by atoms with E-state index in [4.69, 9.17) is 0 Å². The molecule has 27 heavy (non-hydrogen) atoms. The van der Waals surface area contributed by atoms with Crippen LogP contribution in [0.1, 0.15) is 42.1 Å². The summed E-state index contributed by atoms with van der Waals surface area (Å²) in [7, 11) is 0. The zero-order valence-electron chi connectivity index (χ0n) is 15.8. The fourth-order valence-electron chi connectivity index (χ4n) is 3.59. The molecule has 1 aliphatic heterocycles. The number of rotatable bonds is 5. The Labute approximate surface area is 160 Å². The second-order valence-electron chi connectivity index (χ2n) is 7.14. The molecule has 1 fully saturated rings. The Morgan fingerprint density at radius 3 is 2.56 bits per heavy atom. The lowest BCUT2D eigenvalue weighted by Crippen LogP contribution is -2.57. The van der Waals surface area contributed by atoms with Gasteiger partial charge in [-0.1, -0.05) is 50.2 Å². The monoisotopic (exact) mass is 366 g/mol. The molecular weight excluding hydrogens is 340 g/mol. The molecule has 5 nitrogen and oxygen atoms in total. The molecule has 1 unspecified atom stereocenters. The highest BCUT2D eigenvalue weighted by Gasteiger charge is 2.32. The molecule has 5 heteroatoms. The van der Waals surface area contributed by atoms with Gasteiger partial charge in [0.05, 0.1) is 0 Å². The predicted molar refractivity (Wildman–Crippen MR) is 106 cm³/mol. The number of nitrogens with zero attached hydrogens (tertiary/aromatic N) is 1. The van der Waals surface area contributed by atoms with Gasteiger partial charge in [-0.3, -0.25) is 9.59 Å². The molecule has 2 N–H and O–H groups in total. The van der Waals surface area contributed by atoms with Gasteiger partial charge in [-0.2, -0.15) is 0 Å².